The van der Waals surface area contributed by atoms with Crippen molar-refractivity contribution in [1.29, 1.82) is 0 Å². The van der Waals surface area contributed by atoms with E-state index in [4.69, 9.17) is 21.7 Å². The summed E-state index contributed by atoms with van der Waals surface area (Å²) in [6.07, 6.45) is 1.80. The number of amides is 1. The van der Waals surface area contributed by atoms with Gasteiger partial charge in [0.1, 0.15) is 18.4 Å². The molecule has 2 N–H and O–H groups in total. The van der Waals surface area contributed by atoms with Gasteiger partial charge in [-0.1, -0.05) is 6.07 Å². The average Bonchev–Trinajstić information content (AvgIpc) is 3.49. The summed E-state index contributed by atoms with van der Waals surface area (Å²) in [5.41, 5.74) is 5.66. The molecule has 3 heterocycles. The molecular formula is C29H29N5O3S. The van der Waals surface area contributed by atoms with Crippen molar-refractivity contribution in [1.82, 2.24) is 14.9 Å². The van der Waals surface area contributed by atoms with Crippen molar-refractivity contribution < 1.29 is 14.3 Å². The number of hydrogen-bond acceptors (Lipinski definition) is 5. The summed E-state index contributed by atoms with van der Waals surface area (Å²) in [5, 5.41) is 6.95. The van der Waals surface area contributed by atoms with Crippen LogP contribution < -0.4 is 20.3 Å². The second kappa shape index (κ2) is 11.0. The van der Waals surface area contributed by atoms with Gasteiger partial charge in [0, 0.05) is 41.8 Å². The highest BCUT2D eigenvalue weighted by atomic mass is 32.1. The molecule has 38 heavy (non-hydrogen) atoms. The van der Waals surface area contributed by atoms with E-state index >= 15 is 0 Å². The minimum atomic E-state index is -0.209. The standard InChI is InChI=1S/C29H29N5O3S/c1-19-7-16-25(33(19)21-12-14-23(37-3)15-13-21)28-27(24-6-4-5-17-30-24)32-29(38)34(28)22-10-8-20(9-11-22)31-26(35)18-36-2/h4-17,27-28H,18H2,1-3H3,(H,31,35)(H,32,38)/t27-,28-/m1/s1. The molecule has 2 aromatic heterocycles. The monoisotopic (exact) mass is 527 g/mol. The largest absolute Gasteiger partial charge is 0.497 e. The Morgan fingerprint density at radius 2 is 1.74 bits per heavy atom. The van der Waals surface area contributed by atoms with Gasteiger partial charge in [0.15, 0.2) is 5.11 Å². The smallest absolute Gasteiger partial charge is 0.250 e. The number of rotatable bonds is 8. The summed E-state index contributed by atoms with van der Waals surface area (Å²) >= 11 is 5.89. The van der Waals surface area contributed by atoms with Crippen molar-refractivity contribution in [3.05, 3.63) is 102 Å². The maximum absolute atomic E-state index is 12.0. The lowest BCUT2D eigenvalue weighted by Crippen LogP contribution is -2.30. The van der Waals surface area contributed by atoms with Crippen molar-refractivity contribution in [3.63, 3.8) is 0 Å². The van der Waals surface area contributed by atoms with Gasteiger partial charge >= 0.3 is 0 Å². The lowest BCUT2D eigenvalue weighted by atomic mass is 10.0. The van der Waals surface area contributed by atoms with E-state index in [0.717, 1.165) is 34.2 Å². The first-order chi connectivity index (χ1) is 18.5. The third-order valence-electron chi connectivity index (χ3n) is 6.54. The van der Waals surface area contributed by atoms with E-state index in [1.165, 1.54) is 7.11 Å². The Kier molecular flexibility index (Phi) is 7.39. The second-order valence-electron chi connectivity index (χ2n) is 8.96. The number of nitrogens with zero attached hydrogens (tertiary/aromatic N) is 3. The van der Waals surface area contributed by atoms with Crippen LogP contribution >= 0.6 is 12.2 Å². The number of methoxy groups -OCH3 is 2. The first-order valence-corrected chi connectivity index (χ1v) is 12.6. The molecule has 4 aromatic rings. The highest BCUT2D eigenvalue weighted by molar-refractivity contribution is 7.80. The summed E-state index contributed by atoms with van der Waals surface area (Å²) in [4.78, 5) is 18.7. The van der Waals surface area contributed by atoms with Crippen LogP contribution in [0.15, 0.2) is 85.1 Å². The van der Waals surface area contributed by atoms with Crippen molar-refractivity contribution in [2.75, 3.05) is 31.0 Å². The van der Waals surface area contributed by atoms with Crippen LogP contribution in [-0.2, 0) is 9.53 Å². The van der Waals surface area contributed by atoms with Gasteiger partial charge in [-0.05, 0) is 91.9 Å². The Morgan fingerprint density at radius 3 is 2.39 bits per heavy atom. The molecule has 1 aliphatic rings. The number of aryl methyl sites for hydroxylation is 1. The number of anilines is 2. The number of carbonyl (C=O) groups is 1. The lowest BCUT2D eigenvalue weighted by molar-refractivity contribution is -0.119. The summed E-state index contributed by atoms with van der Waals surface area (Å²) in [6.45, 7) is 2.09. The molecule has 5 rings (SSSR count). The van der Waals surface area contributed by atoms with Gasteiger partial charge in [0.2, 0.25) is 5.91 Å². The fourth-order valence-electron chi connectivity index (χ4n) is 4.84. The quantitative estimate of drug-likeness (QED) is 0.314. The zero-order valence-electron chi connectivity index (χ0n) is 21.4. The van der Waals surface area contributed by atoms with E-state index in [9.17, 15) is 4.79 Å². The van der Waals surface area contributed by atoms with Gasteiger partial charge in [0.05, 0.1) is 18.8 Å². The van der Waals surface area contributed by atoms with E-state index in [-0.39, 0.29) is 24.6 Å². The Bertz CT molecular complexity index is 1420. The molecule has 0 saturated carbocycles. The molecule has 194 valence electrons. The minimum Gasteiger partial charge on any atom is -0.497 e. The van der Waals surface area contributed by atoms with Crippen molar-refractivity contribution in [2.24, 2.45) is 0 Å². The van der Waals surface area contributed by atoms with E-state index < -0.39 is 0 Å². The molecule has 8 nitrogen and oxygen atoms in total. The van der Waals surface area contributed by atoms with Crippen LogP contribution in [0.25, 0.3) is 5.69 Å². The van der Waals surface area contributed by atoms with Crippen LogP contribution in [0.4, 0.5) is 11.4 Å². The number of hydrogen-bond donors (Lipinski definition) is 2. The maximum atomic E-state index is 12.0. The van der Waals surface area contributed by atoms with E-state index in [1.54, 1.807) is 13.3 Å². The normalized spacial score (nSPS) is 16.8. The van der Waals surface area contributed by atoms with Gasteiger partial charge in [-0.15, -0.1) is 0 Å². The van der Waals surface area contributed by atoms with E-state index in [2.05, 4.69) is 44.1 Å². The first-order valence-electron chi connectivity index (χ1n) is 12.2. The molecule has 9 heteroatoms. The molecule has 2 atom stereocenters. The van der Waals surface area contributed by atoms with Gasteiger partial charge in [0.25, 0.3) is 0 Å². The zero-order chi connectivity index (χ0) is 26.6. The number of thiocarbonyl (C=S) groups is 1. The van der Waals surface area contributed by atoms with E-state index in [1.807, 2.05) is 66.7 Å². The molecule has 0 aliphatic carbocycles. The second-order valence-corrected chi connectivity index (χ2v) is 9.34. The van der Waals surface area contributed by atoms with Crippen LogP contribution in [0.3, 0.4) is 0 Å². The fraction of sp³-hybridized carbons (Fsp3) is 0.207. The van der Waals surface area contributed by atoms with E-state index in [0.29, 0.717) is 10.8 Å². The van der Waals surface area contributed by atoms with Crippen LogP contribution in [0.2, 0.25) is 0 Å². The van der Waals surface area contributed by atoms with Crippen LogP contribution in [-0.4, -0.2) is 41.4 Å². The SMILES string of the molecule is COCC(=O)Nc1ccc(N2C(=S)N[C@H](c3ccccn3)[C@H]2c2ccc(C)n2-c2ccc(OC)cc2)cc1. The Hall–Kier alpha value is -4.21. The number of aromatic nitrogens is 2. The molecule has 2 aromatic carbocycles. The topological polar surface area (TPSA) is 80.7 Å². The molecule has 0 unspecified atom stereocenters. The van der Waals surface area contributed by atoms with Crippen molar-refractivity contribution in [2.45, 2.75) is 19.0 Å². The zero-order valence-corrected chi connectivity index (χ0v) is 22.2. The fourth-order valence-corrected chi connectivity index (χ4v) is 5.19. The third kappa shape index (κ3) is 4.98. The average molecular weight is 528 g/mol. The molecule has 0 bridgehead atoms. The first kappa shape index (κ1) is 25.4. The maximum Gasteiger partial charge on any atom is 0.250 e. The highest BCUT2D eigenvalue weighted by Gasteiger charge is 2.42. The highest BCUT2D eigenvalue weighted by Crippen LogP contribution is 2.43. The molecule has 1 amide bonds. The number of benzene rings is 2. The molecular weight excluding hydrogens is 498 g/mol. The Morgan fingerprint density at radius 1 is 1.00 bits per heavy atom. The van der Waals surface area contributed by atoms with Crippen molar-refractivity contribution >= 4 is 34.6 Å². The predicted octanol–water partition coefficient (Wildman–Crippen LogP) is 4.95. The molecule has 0 spiro atoms. The van der Waals surface area contributed by atoms with Gasteiger partial charge in [-0.25, -0.2) is 0 Å². The summed E-state index contributed by atoms with van der Waals surface area (Å²) in [7, 11) is 3.15. The Labute approximate surface area is 227 Å². The van der Waals surface area contributed by atoms with Gasteiger partial charge in [-0.2, -0.15) is 0 Å². The van der Waals surface area contributed by atoms with Gasteiger partial charge < -0.3 is 29.6 Å². The molecule has 1 aliphatic heterocycles. The number of pyridine rings is 1. The van der Waals surface area contributed by atoms with Crippen molar-refractivity contribution in [3.8, 4) is 11.4 Å². The Balaban J connectivity index is 1.58. The minimum absolute atomic E-state index is 0.00257. The van der Waals surface area contributed by atoms with Gasteiger partial charge in [-0.3, -0.25) is 9.78 Å². The summed E-state index contributed by atoms with van der Waals surface area (Å²) in [6, 6.07) is 25.4. The number of nitrogens with one attached hydrogen (secondary N) is 2. The number of ether oxygens (including phenoxy) is 2. The van der Waals surface area contributed by atoms with Crippen LogP contribution in [0, 0.1) is 6.92 Å². The molecule has 1 saturated heterocycles. The third-order valence-corrected chi connectivity index (χ3v) is 6.86. The van der Waals surface area contributed by atoms with Crippen LogP contribution in [0.5, 0.6) is 5.75 Å². The lowest BCUT2D eigenvalue weighted by Gasteiger charge is -2.29. The molecule has 0 radical (unpaired) electrons. The predicted molar refractivity (Wildman–Crippen MR) is 152 cm³/mol. The van der Waals surface area contributed by atoms with Crippen LogP contribution in [0.1, 0.15) is 29.2 Å². The summed E-state index contributed by atoms with van der Waals surface area (Å²) in [5.74, 6) is 0.592. The summed E-state index contributed by atoms with van der Waals surface area (Å²) < 4.78 is 12.5. The molecule has 1 fully saturated rings. The number of carbonyl (C=O) groups excluding carboxylic acids is 1.